The predicted molar refractivity (Wildman–Crippen MR) is 67.6 cm³/mol. The summed E-state index contributed by atoms with van der Waals surface area (Å²) < 4.78 is 13.5. The second kappa shape index (κ2) is 4.09. The molecule has 1 N–H and O–H groups in total. The van der Waals surface area contributed by atoms with Crippen molar-refractivity contribution in [1.82, 2.24) is 5.32 Å². The molecule has 0 aromatic heterocycles. The van der Waals surface area contributed by atoms with E-state index >= 15 is 0 Å². The molecule has 92 valence electrons. The minimum Gasteiger partial charge on any atom is -0.313 e. The van der Waals surface area contributed by atoms with Gasteiger partial charge < -0.3 is 5.32 Å². The summed E-state index contributed by atoms with van der Waals surface area (Å²) in [5.41, 5.74) is 2.89. The van der Waals surface area contributed by atoms with Crippen LogP contribution in [0.2, 0.25) is 0 Å². The molecule has 17 heavy (non-hydrogen) atoms. The summed E-state index contributed by atoms with van der Waals surface area (Å²) >= 11 is 0. The molecule has 1 aromatic carbocycles. The third-order valence-corrected chi connectivity index (χ3v) is 4.72. The fraction of sp³-hybridized carbons (Fsp3) is 0.600. The van der Waals surface area contributed by atoms with E-state index in [1.807, 2.05) is 13.1 Å². The highest BCUT2D eigenvalue weighted by Gasteiger charge is 2.43. The lowest BCUT2D eigenvalue weighted by molar-refractivity contribution is 0.273. The van der Waals surface area contributed by atoms with Gasteiger partial charge in [0.15, 0.2) is 0 Å². The van der Waals surface area contributed by atoms with Crippen molar-refractivity contribution in [3.05, 3.63) is 35.1 Å². The van der Waals surface area contributed by atoms with Gasteiger partial charge in [-0.05, 0) is 55.0 Å². The van der Waals surface area contributed by atoms with Gasteiger partial charge in [-0.25, -0.2) is 4.39 Å². The molecular weight excluding hydrogens is 213 g/mol. The van der Waals surface area contributed by atoms with Crippen molar-refractivity contribution in [3.63, 3.8) is 0 Å². The van der Waals surface area contributed by atoms with Gasteiger partial charge in [-0.2, -0.15) is 0 Å². The van der Waals surface area contributed by atoms with Crippen LogP contribution in [0.3, 0.4) is 0 Å². The summed E-state index contributed by atoms with van der Waals surface area (Å²) in [5, 5.41) is 3.39. The van der Waals surface area contributed by atoms with Gasteiger partial charge in [0.2, 0.25) is 0 Å². The number of rotatable bonds is 1. The topological polar surface area (TPSA) is 12.0 Å². The molecule has 0 saturated heterocycles. The van der Waals surface area contributed by atoms with Crippen LogP contribution in [-0.2, 0) is 5.41 Å². The fourth-order valence-electron chi connectivity index (χ4n) is 3.86. The van der Waals surface area contributed by atoms with E-state index in [1.54, 1.807) is 12.1 Å². The average molecular weight is 233 g/mol. The molecule has 0 aliphatic heterocycles. The third-order valence-electron chi connectivity index (χ3n) is 4.72. The van der Waals surface area contributed by atoms with Gasteiger partial charge in [0.25, 0.3) is 0 Å². The Morgan fingerprint density at radius 3 is 2.71 bits per heavy atom. The van der Waals surface area contributed by atoms with Crippen LogP contribution >= 0.6 is 0 Å². The number of hydrogen-bond acceptors (Lipinski definition) is 1. The summed E-state index contributed by atoms with van der Waals surface area (Å²) in [5.74, 6) is -0.0783. The van der Waals surface area contributed by atoms with Crippen LogP contribution in [0, 0.1) is 5.82 Å². The van der Waals surface area contributed by atoms with Crippen LogP contribution in [0.25, 0.3) is 0 Å². The Kier molecular flexibility index (Phi) is 2.70. The van der Waals surface area contributed by atoms with Gasteiger partial charge in [0, 0.05) is 6.04 Å². The molecule has 1 unspecified atom stereocenters. The van der Waals surface area contributed by atoms with Crippen LogP contribution in [0.5, 0.6) is 0 Å². The minimum atomic E-state index is -0.0783. The van der Waals surface area contributed by atoms with Crippen molar-refractivity contribution in [2.75, 3.05) is 7.05 Å². The molecule has 3 rings (SSSR count). The summed E-state index contributed by atoms with van der Waals surface area (Å²) in [7, 11) is 2.01. The first-order valence-electron chi connectivity index (χ1n) is 6.72. The standard InChI is InChI=1S/C15H20FN/c1-17-14-10-15(7-3-2-4-8-15)13-9-11(16)5-6-12(13)14/h5-6,9,14,17H,2-4,7-8,10H2,1H3. The zero-order valence-electron chi connectivity index (χ0n) is 10.4. The van der Waals surface area contributed by atoms with E-state index in [1.165, 1.54) is 43.2 Å². The van der Waals surface area contributed by atoms with Crippen LogP contribution in [0.15, 0.2) is 18.2 Å². The Bertz CT molecular complexity index is 421. The first-order chi connectivity index (χ1) is 8.25. The number of benzene rings is 1. The van der Waals surface area contributed by atoms with E-state index < -0.39 is 0 Å². The van der Waals surface area contributed by atoms with Crippen molar-refractivity contribution in [1.29, 1.82) is 0 Å². The van der Waals surface area contributed by atoms with Crippen molar-refractivity contribution >= 4 is 0 Å². The first-order valence-corrected chi connectivity index (χ1v) is 6.72. The normalized spacial score (nSPS) is 26.1. The van der Waals surface area contributed by atoms with Crippen molar-refractivity contribution in [2.24, 2.45) is 0 Å². The smallest absolute Gasteiger partial charge is 0.123 e. The van der Waals surface area contributed by atoms with E-state index in [0.717, 1.165) is 6.42 Å². The van der Waals surface area contributed by atoms with Gasteiger partial charge in [-0.3, -0.25) is 0 Å². The molecule has 1 saturated carbocycles. The van der Waals surface area contributed by atoms with Crippen molar-refractivity contribution < 1.29 is 4.39 Å². The van der Waals surface area contributed by atoms with Gasteiger partial charge in [-0.15, -0.1) is 0 Å². The molecule has 2 heteroatoms. The molecule has 1 spiro atoms. The summed E-state index contributed by atoms with van der Waals surface area (Å²) in [6.45, 7) is 0. The highest BCUT2D eigenvalue weighted by molar-refractivity contribution is 5.43. The van der Waals surface area contributed by atoms with Gasteiger partial charge in [0.05, 0.1) is 0 Å². The molecule has 1 atom stereocenters. The lowest BCUT2D eigenvalue weighted by Crippen LogP contribution is -2.27. The Morgan fingerprint density at radius 2 is 2.00 bits per heavy atom. The molecule has 1 aromatic rings. The maximum Gasteiger partial charge on any atom is 0.123 e. The minimum absolute atomic E-state index is 0.0783. The van der Waals surface area contributed by atoms with Crippen LogP contribution in [0.1, 0.15) is 55.7 Å². The maximum absolute atomic E-state index is 13.5. The lowest BCUT2D eigenvalue weighted by atomic mass is 9.70. The Balaban J connectivity index is 2.07. The number of fused-ring (bicyclic) bond motifs is 2. The molecule has 0 bridgehead atoms. The van der Waals surface area contributed by atoms with Gasteiger partial charge in [-0.1, -0.05) is 25.3 Å². The maximum atomic E-state index is 13.5. The van der Waals surface area contributed by atoms with E-state index in [-0.39, 0.29) is 11.2 Å². The predicted octanol–water partition coefficient (Wildman–Crippen LogP) is 3.69. The lowest BCUT2D eigenvalue weighted by Gasteiger charge is -2.34. The second-order valence-corrected chi connectivity index (χ2v) is 5.62. The SMILES string of the molecule is CNC1CC2(CCCCC2)c2cc(F)ccc21. The monoisotopic (exact) mass is 233 g/mol. The highest BCUT2D eigenvalue weighted by Crippen LogP contribution is 2.52. The highest BCUT2D eigenvalue weighted by atomic mass is 19.1. The van der Waals surface area contributed by atoms with Crippen LogP contribution in [-0.4, -0.2) is 7.05 Å². The Hall–Kier alpha value is -0.890. The Morgan fingerprint density at radius 1 is 1.24 bits per heavy atom. The fourth-order valence-corrected chi connectivity index (χ4v) is 3.86. The summed E-state index contributed by atoms with van der Waals surface area (Å²) in [4.78, 5) is 0. The molecule has 1 nitrogen and oxygen atoms in total. The van der Waals surface area contributed by atoms with Crippen LogP contribution < -0.4 is 5.32 Å². The zero-order chi connectivity index (χ0) is 11.9. The molecule has 1 fully saturated rings. The van der Waals surface area contributed by atoms with E-state index in [2.05, 4.69) is 5.32 Å². The van der Waals surface area contributed by atoms with Gasteiger partial charge >= 0.3 is 0 Å². The quantitative estimate of drug-likeness (QED) is 0.780. The van der Waals surface area contributed by atoms with Crippen molar-refractivity contribution in [2.45, 2.75) is 50.0 Å². The molecule has 0 heterocycles. The zero-order valence-corrected chi connectivity index (χ0v) is 10.4. The van der Waals surface area contributed by atoms with Crippen LogP contribution in [0.4, 0.5) is 4.39 Å². The molecular formula is C15H20FN. The first kappa shape index (κ1) is 11.2. The number of halogens is 1. The second-order valence-electron chi connectivity index (χ2n) is 5.62. The Labute approximate surface area is 102 Å². The summed E-state index contributed by atoms with van der Waals surface area (Å²) in [6.07, 6.45) is 7.57. The molecule has 0 amide bonds. The van der Waals surface area contributed by atoms with E-state index in [0.29, 0.717) is 6.04 Å². The largest absolute Gasteiger partial charge is 0.313 e. The van der Waals surface area contributed by atoms with E-state index in [9.17, 15) is 4.39 Å². The van der Waals surface area contributed by atoms with Gasteiger partial charge in [0.1, 0.15) is 5.82 Å². The molecule has 0 radical (unpaired) electrons. The molecule has 2 aliphatic carbocycles. The summed E-state index contributed by atoms with van der Waals surface area (Å²) in [6, 6.07) is 5.79. The van der Waals surface area contributed by atoms with Crippen molar-refractivity contribution in [3.8, 4) is 0 Å². The number of hydrogen-bond donors (Lipinski definition) is 1. The average Bonchev–Trinajstić information content (AvgIpc) is 2.64. The van der Waals surface area contributed by atoms with E-state index in [4.69, 9.17) is 0 Å². The third kappa shape index (κ3) is 1.70. The molecule has 2 aliphatic rings. The number of nitrogens with one attached hydrogen (secondary N) is 1.